The van der Waals surface area contributed by atoms with Crippen molar-refractivity contribution in [3.8, 4) is 0 Å². The fourth-order valence-corrected chi connectivity index (χ4v) is 6.09. The number of morpholine rings is 1. The average Bonchev–Trinajstić information content (AvgIpc) is 3.33. The van der Waals surface area contributed by atoms with E-state index in [9.17, 15) is 26.4 Å². The number of carboxylic acids is 1. The van der Waals surface area contributed by atoms with Crippen molar-refractivity contribution in [3.63, 3.8) is 0 Å². The minimum atomic E-state index is -5.08. The molecule has 36 heavy (non-hydrogen) atoms. The predicted molar refractivity (Wildman–Crippen MR) is 119 cm³/mol. The van der Waals surface area contributed by atoms with Gasteiger partial charge >= 0.3 is 12.1 Å². The third kappa shape index (κ3) is 6.55. The second-order valence-corrected chi connectivity index (χ2v) is 10.9. The predicted octanol–water partition coefficient (Wildman–Crippen LogP) is 1.20. The first-order valence-electron chi connectivity index (χ1n) is 11.7. The lowest BCUT2D eigenvalue weighted by atomic mass is 9.89. The van der Waals surface area contributed by atoms with E-state index in [4.69, 9.17) is 19.4 Å². The van der Waals surface area contributed by atoms with Crippen LogP contribution in [0.5, 0.6) is 0 Å². The summed E-state index contributed by atoms with van der Waals surface area (Å²) in [6.07, 6.45) is 0.461. The van der Waals surface area contributed by atoms with E-state index in [0.29, 0.717) is 65.2 Å². The van der Waals surface area contributed by atoms with E-state index in [-0.39, 0.29) is 11.7 Å². The van der Waals surface area contributed by atoms with Gasteiger partial charge < -0.3 is 24.0 Å². The molecule has 1 aromatic heterocycles. The van der Waals surface area contributed by atoms with Gasteiger partial charge in [-0.2, -0.15) is 13.2 Å². The number of ether oxygens (including phenoxy) is 2. The molecule has 2 saturated heterocycles. The number of hydrogen-bond donors (Lipinski definition) is 1. The van der Waals surface area contributed by atoms with Crippen molar-refractivity contribution in [2.24, 2.45) is 0 Å². The van der Waals surface area contributed by atoms with E-state index in [1.807, 2.05) is 17.7 Å². The number of sulfonamides is 1. The molecule has 2 fully saturated rings. The van der Waals surface area contributed by atoms with Gasteiger partial charge in [-0.15, -0.1) is 0 Å². The van der Waals surface area contributed by atoms with Crippen molar-refractivity contribution in [2.75, 3.05) is 45.1 Å². The van der Waals surface area contributed by atoms with Crippen molar-refractivity contribution < 1.29 is 45.8 Å². The van der Waals surface area contributed by atoms with Crippen LogP contribution in [-0.4, -0.2) is 102 Å². The highest BCUT2D eigenvalue weighted by atomic mass is 32.2. The van der Waals surface area contributed by atoms with Crippen LogP contribution < -0.4 is 0 Å². The molecule has 1 N–H and O–H groups in total. The number of rotatable bonds is 5. The Morgan fingerprint density at radius 3 is 2.36 bits per heavy atom. The van der Waals surface area contributed by atoms with Crippen LogP contribution in [0.3, 0.4) is 0 Å². The van der Waals surface area contributed by atoms with Crippen LogP contribution in [0.1, 0.15) is 38.4 Å². The van der Waals surface area contributed by atoms with Gasteiger partial charge in [0.25, 0.3) is 5.91 Å². The third-order valence-corrected chi connectivity index (χ3v) is 8.33. The summed E-state index contributed by atoms with van der Waals surface area (Å²) >= 11 is 0. The molecule has 3 aliphatic rings. The van der Waals surface area contributed by atoms with Crippen LogP contribution in [0.25, 0.3) is 0 Å². The number of aromatic nitrogens is 2. The topological polar surface area (TPSA) is 131 Å². The normalized spacial score (nSPS) is 22.4. The zero-order chi connectivity index (χ0) is 26.6. The van der Waals surface area contributed by atoms with Crippen molar-refractivity contribution in [1.82, 2.24) is 18.8 Å². The summed E-state index contributed by atoms with van der Waals surface area (Å²) in [4.78, 5) is 28.3. The molecule has 0 radical (unpaired) electrons. The lowest BCUT2D eigenvalue weighted by Crippen LogP contribution is -2.56. The highest BCUT2D eigenvalue weighted by Crippen LogP contribution is 2.41. The summed E-state index contributed by atoms with van der Waals surface area (Å²) in [5.41, 5.74) is -0.717. The van der Waals surface area contributed by atoms with Crippen molar-refractivity contribution in [2.45, 2.75) is 57.0 Å². The van der Waals surface area contributed by atoms with Gasteiger partial charge in [0.1, 0.15) is 11.4 Å². The lowest BCUT2D eigenvalue weighted by molar-refractivity contribution is -0.192. The molecule has 1 aromatic rings. The Kier molecular flexibility index (Phi) is 9.01. The van der Waals surface area contributed by atoms with Gasteiger partial charge in [-0.25, -0.2) is 22.5 Å². The SMILES string of the molecule is CCCCS(=O)(=O)N1CCC2(CC1)OC(C(=O)N1CCOCC1)Cn1ccnc12.O=C(O)C(F)(F)F. The Hall–Kier alpha value is -2.23. The molecular weight excluding hydrogens is 509 g/mol. The van der Waals surface area contributed by atoms with E-state index in [2.05, 4.69) is 4.98 Å². The van der Waals surface area contributed by atoms with E-state index in [0.717, 1.165) is 12.2 Å². The minimum Gasteiger partial charge on any atom is -0.475 e. The maximum Gasteiger partial charge on any atom is 0.490 e. The van der Waals surface area contributed by atoms with Gasteiger partial charge in [0.2, 0.25) is 10.0 Å². The summed E-state index contributed by atoms with van der Waals surface area (Å²) < 4.78 is 72.2. The molecular formula is C21H31F3N4O7S. The molecule has 3 aliphatic heterocycles. The second-order valence-electron chi connectivity index (χ2n) is 8.81. The average molecular weight is 541 g/mol. The van der Waals surface area contributed by atoms with Crippen LogP contribution in [0, 0.1) is 0 Å². The number of unbranched alkanes of at least 4 members (excludes halogenated alkanes) is 1. The number of halogens is 3. The summed E-state index contributed by atoms with van der Waals surface area (Å²) in [6, 6.07) is 0. The molecule has 4 heterocycles. The molecule has 11 nitrogen and oxygen atoms in total. The Bertz CT molecular complexity index is 1020. The van der Waals surface area contributed by atoms with Gasteiger partial charge in [0.15, 0.2) is 6.10 Å². The largest absolute Gasteiger partial charge is 0.490 e. The minimum absolute atomic E-state index is 0.0231. The third-order valence-electron chi connectivity index (χ3n) is 6.37. The number of carbonyl (C=O) groups excluding carboxylic acids is 1. The molecule has 1 amide bonds. The summed E-state index contributed by atoms with van der Waals surface area (Å²) in [5.74, 6) is -1.80. The van der Waals surface area contributed by atoms with E-state index < -0.39 is 33.9 Å². The Balaban J connectivity index is 0.000000454. The zero-order valence-corrected chi connectivity index (χ0v) is 20.8. The monoisotopic (exact) mass is 540 g/mol. The van der Waals surface area contributed by atoms with Crippen LogP contribution in [-0.2, 0) is 41.2 Å². The number of alkyl halides is 3. The van der Waals surface area contributed by atoms with Crippen molar-refractivity contribution in [3.05, 3.63) is 18.2 Å². The second kappa shape index (κ2) is 11.4. The zero-order valence-electron chi connectivity index (χ0n) is 19.9. The highest BCUT2D eigenvalue weighted by molar-refractivity contribution is 7.89. The van der Waals surface area contributed by atoms with Crippen LogP contribution in [0.4, 0.5) is 13.2 Å². The van der Waals surface area contributed by atoms with Gasteiger partial charge in [0.05, 0.1) is 25.5 Å². The van der Waals surface area contributed by atoms with Crippen molar-refractivity contribution in [1.29, 1.82) is 0 Å². The van der Waals surface area contributed by atoms with Gasteiger partial charge in [-0.3, -0.25) is 4.79 Å². The fraction of sp³-hybridized carbons (Fsp3) is 0.762. The fourth-order valence-electron chi connectivity index (χ4n) is 4.44. The molecule has 0 saturated carbocycles. The molecule has 1 unspecified atom stereocenters. The molecule has 0 aliphatic carbocycles. The van der Waals surface area contributed by atoms with Gasteiger partial charge in [0, 0.05) is 38.6 Å². The maximum atomic E-state index is 13.1. The standard InChI is InChI=1S/C19H30N4O5S.C2HF3O2/c1-2-3-14-29(25,26)23-7-4-19(5-8-23)18-20-6-9-22(18)15-16(28-19)17(24)21-10-12-27-13-11-21;3-2(4,5)1(6)7/h6,9,16H,2-5,7-8,10-15H2,1H3;(H,6,7). The van der Waals surface area contributed by atoms with Crippen molar-refractivity contribution >= 4 is 21.9 Å². The van der Waals surface area contributed by atoms with Crippen LogP contribution in [0.2, 0.25) is 0 Å². The lowest BCUT2D eigenvalue weighted by Gasteiger charge is -2.46. The number of hydrogen-bond acceptors (Lipinski definition) is 7. The number of carboxylic acid groups (broad SMARTS) is 1. The van der Waals surface area contributed by atoms with Crippen LogP contribution >= 0.6 is 0 Å². The number of imidazole rings is 1. The molecule has 0 aromatic carbocycles. The van der Waals surface area contributed by atoms with Gasteiger partial charge in [-0.05, 0) is 19.3 Å². The number of nitrogens with zero attached hydrogens (tertiary/aromatic N) is 4. The summed E-state index contributed by atoms with van der Waals surface area (Å²) in [6.45, 7) is 5.44. The maximum absolute atomic E-state index is 13.1. The highest BCUT2D eigenvalue weighted by Gasteiger charge is 2.49. The first-order valence-corrected chi connectivity index (χ1v) is 13.3. The summed E-state index contributed by atoms with van der Waals surface area (Å²) in [7, 11) is -3.25. The molecule has 1 atom stereocenters. The Morgan fingerprint density at radius 1 is 1.19 bits per heavy atom. The number of fused-ring (bicyclic) bond motifs is 2. The first-order chi connectivity index (χ1) is 16.9. The summed E-state index contributed by atoms with van der Waals surface area (Å²) in [5, 5.41) is 7.12. The number of carbonyl (C=O) groups is 2. The Morgan fingerprint density at radius 2 is 1.81 bits per heavy atom. The first kappa shape index (κ1) is 28.3. The quantitative estimate of drug-likeness (QED) is 0.590. The van der Waals surface area contributed by atoms with E-state index >= 15 is 0 Å². The van der Waals surface area contributed by atoms with Crippen LogP contribution in [0.15, 0.2) is 12.4 Å². The number of piperidine rings is 1. The molecule has 15 heteroatoms. The number of aliphatic carboxylic acids is 1. The van der Waals surface area contributed by atoms with Gasteiger partial charge in [-0.1, -0.05) is 13.3 Å². The van der Waals surface area contributed by atoms with E-state index in [1.54, 1.807) is 15.4 Å². The van der Waals surface area contributed by atoms with E-state index in [1.165, 1.54) is 0 Å². The smallest absolute Gasteiger partial charge is 0.475 e. The molecule has 4 rings (SSSR count). The molecule has 0 bridgehead atoms. The number of amides is 1. The molecule has 204 valence electrons. The Labute approximate surface area is 207 Å². The molecule has 1 spiro atoms.